The molecule has 0 spiro atoms. The number of carbonyl (C=O) groups is 2. The van der Waals surface area contributed by atoms with Crippen LogP contribution in [0.2, 0.25) is 0 Å². The van der Waals surface area contributed by atoms with Crippen LogP contribution in [0.1, 0.15) is 227 Å². The van der Waals surface area contributed by atoms with Gasteiger partial charge >= 0.3 is 12.1 Å². The van der Waals surface area contributed by atoms with Crippen molar-refractivity contribution in [2.45, 2.75) is 233 Å². The van der Waals surface area contributed by atoms with Gasteiger partial charge in [0.05, 0.1) is 0 Å². The van der Waals surface area contributed by atoms with Gasteiger partial charge in [-0.15, -0.1) is 0 Å². The number of hydrogen-bond acceptors (Lipinski definition) is 3. The number of nitrogens with zero attached hydrogens (tertiary/aromatic N) is 1. The first-order chi connectivity index (χ1) is 25.2. The summed E-state index contributed by atoms with van der Waals surface area (Å²) in [5.74, 6) is 2.95. The molecule has 0 aromatic rings. The van der Waals surface area contributed by atoms with Crippen molar-refractivity contribution in [1.82, 2.24) is 4.90 Å². The zero-order valence-corrected chi connectivity index (χ0v) is 34.9. The van der Waals surface area contributed by atoms with E-state index in [1.165, 1.54) is 161 Å². The Morgan fingerprint density at radius 1 is 0.615 bits per heavy atom. The topological polar surface area (TPSA) is 66.8 Å². The molecule has 302 valence electrons. The van der Waals surface area contributed by atoms with Gasteiger partial charge in [-0.25, -0.2) is 4.79 Å². The molecule has 0 aromatic heterocycles. The molecule has 4 saturated carbocycles. The van der Waals surface area contributed by atoms with E-state index < -0.39 is 5.97 Å². The Balaban J connectivity index is 1.23. The van der Waals surface area contributed by atoms with Crippen molar-refractivity contribution in [2.24, 2.45) is 40.4 Å². The minimum atomic E-state index is -0.632. The number of carboxylic acids is 1. The molecule has 0 saturated heterocycles. The lowest BCUT2D eigenvalue weighted by atomic mass is 9.44. The molecule has 5 nitrogen and oxygen atoms in total. The predicted octanol–water partition coefficient (Wildman–Crippen LogP) is 14.2. The number of unbranched alkanes of at least 4 members (excludes halogenated alkanes) is 18. The van der Waals surface area contributed by atoms with Gasteiger partial charge in [0.15, 0.2) is 0 Å². The molecular weight excluding hydrogens is 643 g/mol. The summed E-state index contributed by atoms with van der Waals surface area (Å²) in [7, 11) is 0. The fraction of sp³-hybridized carbons (Fsp3) is 0.957. The van der Waals surface area contributed by atoms with Crippen molar-refractivity contribution in [3.05, 3.63) is 0 Å². The maximum atomic E-state index is 13.8. The molecule has 0 bridgehead atoms. The normalized spacial score (nSPS) is 31.1. The van der Waals surface area contributed by atoms with E-state index in [-0.39, 0.29) is 12.2 Å². The maximum Gasteiger partial charge on any atom is 0.410 e. The zero-order chi connectivity index (χ0) is 37.2. The highest BCUT2D eigenvalue weighted by Gasteiger charge is 2.60. The van der Waals surface area contributed by atoms with Crippen LogP contribution in [0, 0.1) is 40.4 Å². The molecule has 5 heteroatoms. The quantitative estimate of drug-likeness (QED) is 0.0901. The second-order valence-electron chi connectivity index (χ2n) is 19.0. The fourth-order valence-corrected chi connectivity index (χ4v) is 12.3. The molecule has 0 radical (unpaired) electrons. The Hall–Kier alpha value is -1.26. The van der Waals surface area contributed by atoms with E-state index in [0.717, 1.165) is 62.9 Å². The van der Waals surface area contributed by atoms with Gasteiger partial charge in [-0.3, -0.25) is 4.79 Å². The van der Waals surface area contributed by atoms with Gasteiger partial charge in [-0.2, -0.15) is 0 Å². The number of carboxylic acid groups (broad SMARTS) is 1. The second kappa shape index (κ2) is 23.0. The molecular formula is C47H85NO4. The van der Waals surface area contributed by atoms with Gasteiger partial charge in [0.25, 0.3) is 0 Å². The summed E-state index contributed by atoms with van der Waals surface area (Å²) in [5, 5.41) is 9.38. The number of amides is 1. The van der Waals surface area contributed by atoms with E-state index in [4.69, 9.17) is 4.74 Å². The van der Waals surface area contributed by atoms with E-state index in [2.05, 4.69) is 32.6 Å². The lowest BCUT2D eigenvalue weighted by Crippen LogP contribution is -2.54. The highest BCUT2D eigenvalue weighted by atomic mass is 16.6. The molecule has 0 aliphatic heterocycles. The highest BCUT2D eigenvalue weighted by molar-refractivity contribution is 5.67. The summed E-state index contributed by atoms with van der Waals surface area (Å²) in [5.41, 5.74) is 0.691. The first-order valence-corrected chi connectivity index (χ1v) is 23.4. The second-order valence-corrected chi connectivity index (χ2v) is 19.0. The average molecular weight is 728 g/mol. The zero-order valence-electron chi connectivity index (χ0n) is 34.9. The van der Waals surface area contributed by atoms with Gasteiger partial charge in [0, 0.05) is 19.5 Å². The van der Waals surface area contributed by atoms with Crippen LogP contribution < -0.4 is 0 Å². The van der Waals surface area contributed by atoms with Crippen LogP contribution >= 0.6 is 0 Å². The van der Waals surface area contributed by atoms with E-state index in [0.29, 0.717) is 29.1 Å². The minimum absolute atomic E-state index is 0.0269. The Kier molecular flexibility index (Phi) is 19.2. The van der Waals surface area contributed by atoms with Crippen LogP contribution in [0.15, 0.2) is 0 Å². The summed E-state index contributed by atoms with van der Waals surface area (Å²) in [6.07, 6.45) is 38.6. The van der Waals surface area contributed by atoms with Crippen LogP contribution in [0.5, 0.6) is 0 Å². The third kappa shape index (κ3) is 12.6. The average Bonchev–Trinajstić information content (AvgIpc) is 3.47. The lowest BCUT2D eigenvalue weighted by Gasteiger charge is -2.61. The highest BCUT2D eigenvalue weighted by Crippen LogP contribution is 2.68. The van der Waals surface area contributed by atoms with Gasteiger partial charge in [-0.05, 0) is 117 Å². The third-order valence-electron chi connectivity index (χ3n) is 15.6. The molecule has 52 heavy (non-hydrogen) atoms. The molecule has 0 heterocycles. The monoisotopic (exact) mass is 728 g/mol. The molecule has 5 unspecified atom stereocenters. The van der Waals surface area contributed by atoms with E-state index in [1.54, 1.807) is 0 Å². The number of hydrogen-bond donors (Lipinski definition) is 1. The molecule has 8 atom stereocenters. The predicted molar refractivity (Wildman–Crippen MR) is 218 cm³/mol. The Bertz CT molecular complexity index is 991. The Morgan fingerprint density at radius 2 is 1.12 bits per heavy atom. The minimum Gasteiger partial charge on any atom is -0.481 e. The van der Waals surface area contributed by atoms with Crippen molar-refractivity contribution in [3.8, 4) is 0 Å². The third-order valence-corrected chi connectivity index (χ3v) is 15.6. The first-order valence-electron chi connectivity index (χ1n) is 23.4. The Labute approximate surface area is 321 Å². The fourth-order valence-electron chi connectivity index (χ4n) is 12.3. The largest absolute Gasteiger partial charge is 0.481 e. The summed E-state index contributed by atoms with van der Waals surface area (Å²) < 4.78 is 6.45. The van der Waals surface area contributed by atoms with Crippen LogP contribution in [0.25, 0.3) is 0 Å². The number of carbonyl (C=O) groups excluding carboxylic acids is 1. The molecule has 4 aliphatic rings. The van der Waals surface area contributed by atoms with Gasteiger partial charge in [-0.1, -0.05) is 143 Å². The summed E-state index contributed by atoms with van der Waals surface area (Å²) >= 11 is 0. The van der Waals surface area contributed by atoms with Crippen LogP contribution in [-0.2, 0) is 9.53 Å². The van der Waals surface area contributed by atoms with Crippen molar-refractivity contribution in [1.29, 1.82) is 0 Å². The molecule has 4 fully saturated rings. The van der Waals surface area contributed by atoms with Gasteiger partial charge in [0.1, 0.15) is 6.10 Å². The summed E-state index contributed by atoms with van der Waals surface area (Å²) in [6.45, 7) is 11.4. The summed E-state index contributed by atoms with van der Waals surface area (Å²) in [6, 6.07) is 0. The number of aliphatic carboxylic acids is 1. The molecule has 4 rings (SSSR count). The Morgan fingerprint density at radius 3 is 1.65 bits per heavy atom. The van der Waals surface area contributed by atoms with Crippen molar-refractivity contribution < 1.29 is 19.4 Å². The molecule has 1 N–H and O–H groups in total. The molecule has 4 aliphatic carbocycles. The van der Waals surface area contributed by atoms with Gasteiger partial charge in [0.2, 0.25) is 0 Å². The smallest absolute Gasteiger partial charge is 0.410 e. The molecule has 0 aromatic carbocycles. The van der Waals surface area contributed by atoms with Crippen molar-refractivity contribution in [2.75, 3.05) is 13.1 Å². The van der Waals surface area contributed by atoms with Crippen LogP contribution in [-0.4, -0.2) is 41.3 Å². The molecule has 1 amide bonds. The van der Waals surface area contributed by atoms with Crippen molar-refractivity contribution in [3.63, 3.8) is 0 Å². The number of fused-ring (bicyclic) bond motifs is 5. The number of rotatable bonds is 26. The van der Waals surface area contributed by atoms with Crippen molar-refractivity contribution >= 4 is 12.1 Å². The van der Waals surface area contributed by atoms with E-state index in [9.17, 15) is 14.7 Å². The van der Waals surface area contributed by atoms with E-state index in [1.807, 2.05) is 0 Å². The summed E-state index contributed by atoms with van der Waals surface area (Å²) in [4.78, 5) is 27.3. The number of ether oxygens (including phenoxy) is 1. The van der Waals surface area contributed by atoms with E-state index >= 15 is 0 Å². The SMILES string of the molecule is CCCCCCCCCCCCN(CCCCCCCCCCCC)C(=O)O[C@@H]1CC[C@@]2(C)C(CCC3C2CC[C@]2(C)C(CCC(=O)O)CCC32)C1. The maximum absolute atomic E-state index is 13.8. The standard InChI is InChI=1S/C47H85NO4/c1-5-7-9-11-13-15-17-19-21-23-35-48(36-24-22-20-18-16-14-12-10-8-6-2)45(51)52-40-31-33-47(4)39(37-40)25-28-41-42-29-26-38(27-30-44(49)50)46(42,3)34-32-43(41)47/h38-43H,5-37H2,1-4H3,(H,49,50)/t38?,39?,40-,41?,42?,43?,46-,47+/m1/s1. The van der Waals surface area contributed by atoms with Gasteiger partial charge < -0.3 is 14.7 Å². The van der Waals surface area contributed by atoms with Crippen LogP contribution in [0.3, 0.4) is 0 Å². The lowest BCUT2D eigenvalue weighted by molar-refractivity contribution is -0.138. The first kappa shape index (κ1) is 43.5. The van der Waals surface area contributed by atoms with Crippen LogP contribution in [0.4, 0.5) is 4.79 Å².